The van der Waals surface area contributed by atoms with Crippen LogP contribution in [0.3, 0.4) is 0 Å². The second kappa shape index (κ2) is 37.9. The van der Waals surface area contributed by atoms with E-state index in [9.17, 15) is 9.59 Å². The van der Waals surface area contributed by atoms with E-state index in [0.29, 0.717) is 6.42 Å². The molecule has 0 heterocycles. The Labute approximate surface area is 287 Å². The molecule has 0 aromatic heterocycles. The second-order valence-corrected chi connectivity index (χ2v) is 13.8. The highest BCUT2D eigenvalue weighted by Gasteiger charge is 2.14. The Balaban J connectivity index is 4.04. The number of rotatable bonds is 37. The summed E-state index contributed by atoms with van der Waals surface area (Å²) in [5.41, 5.74) is 0. The zero-order chi connectivity index (χ0) is 33.6. The van der Waals surface area contributed by atoms with E-state index in [0.717, 1.165) is 77.0 Å². The number of unbranched alkanes of at least 4 members (excludes halogenated alkanes) is 24. The van der Waals surface area contributed by atoms with E-state index in [1.54, 1.807) is 0 Å². The van der Waals surface area contributed by atoms with E-state index in [4.69, 9.17) is 9.84 Å². The molecule has 0 spiro atoms. The third kappa shape index (κ3) is 36.9. The molecule has 0 saturated carbocycles. The number of ether oxygens (including phenoxy) is 1. The second-order valence-electron chi connectivity index (χ2n) is 13.8. The molecular formula is C42H78O4. The standard InChI is InChI=1S/C42H78O4/c1-3-5-7-9-11-13-15-17-18-19-20-22-24-26-31-35-39-42(45)46-40(37-33-29-27-30-34-38-41(43)44)36-32-28-25-23-21-16-14-12-10-8-6-4-2/h13,15,18-19,40H,3-12,14,16-17,20-39H2,1-2H3,(H,43,44)/b15-13-,19-18-. The van der Waals surface area contributed by atoms with Gasteiger partial charge in [0.25, 0.3) is 0 Å². The minimum absolute atomic E-state index is 0.00764. The molecule has 0 bridgehead atoms. The average Bonchev–Trinajstić information content (AvgIpc) is 3.04. The van der Waals surface area contributed by atoms with Crippen molar-refractivity contribution in [2.75, 3.05) is 0 Å². The summed E-state index contributed by atoms with van der Waals surface area (Å²) in [5, 5.41) is 8.82. The van der Waals surface area contributed by atoms with Crippen LogP contribution in [0.5, 0.6) is 0 Å². The molecule has 0 radical (unpaired) electrons. The van der Waals surface area contributed by atoms with Crippen LogP contribution in [0.1, 0.15) is 226 Å². The molecule has 0 aliphatic rings. The van der Waals surface area contributed by atoms with Crippen LogP contribution in [0.25, 0.3) is 0 Å². The summed E-state index contributed by atoms with van der Waals surface area (Å²) in [6.45, 7) is 4.54. The summed E-state index contributed by atoms with van der Waals surface area (Å²) in [4.78, 5) is 23.4. The maximum absolute atomic E-state index is 12.7. The molecule has 270 valence electrons. The highest BCUT2D eigenvalue weighted by Crippen LogP contribution is 2.19. The molecule has 4 nitrogen and oxygen atoms in total. The molecule has 0 aromatic carbocycles. The Hall–Kier alpha value is -1.58. The lowest BCUT2D eigenvalue weighted by molar-refractivity contribution is -0.150. The van der Waals surface area contributed by atoms with Crippen LogP contribution in [-0.2, 0) is 14.3 Å². The van der Waals surface area contributed by atoms with Crippen molar-refractivity contribution in [1.82, 2.24) is 0 Å². The van der Waals surface area contributed by atoms with E-state index < -0.39 is 5.97 Å². The fourth-order valence-electron chi connectivity index (χ4n) is 6.16. The SMILES string of the molecule is CCCCCC/C=C\C/C=C\CCCCCCCC(=O)OC(CCCCCCCCCCCCCC)CCCCCCCC(=O)O. The van der Waals surface area contributed by atoms with E-state index in [-0.39, 0.29) is 18.5 Å². The summed E-state index contributed by atoms with van der Waals surface area (Å²) in [7, 11) is 0. The number of aliphatic carboxylic acids is 1. The maximum atomic E-state index is 12.7. The minimum Gasteiger partial charge on any atom is -0.481 e. The average molecular weight is 647 g/mol. The summed E-state index contributed by atoms with van der Waals surface area (Å²) in [6.07, 6.45) is 47.6. The predicted molar refractivity (Wildman–Crippen MR) is 200 cm³/mol. The molecule has 1 unspecified atom stereocenters. The fourth-order valence-corrected chi connectivity index (χ4v) is 6.16. The molecule has 0 aromatic rings. The zero-order valence-corrected chi connectivity index (χ0v) is 30.9. The van der Waals surface area contributed by atoms with Gasteiger partial charge in [0.1, 0.15) is 6.10 Å². The molecule has 1 N–H and O–H groups in total. The predicted octanol–water partition coefficient (Wildman–Crippen LogP) is 14.0. The Kier molecular flexibility index (Phi) is 36.6. The van der Waals surface area contributed by atoms with Crippen LogP contribution in [-0.4, -0.2) is 23.1 Å². The van der Waals surface area contributed by atoms with Gasteiger partial charge in [-0.3, -0.25) is 9.59 Å². The maximum Gasteiger partial charge on any atom is 0.306 e. The third-order valence-electron chi connectivity index (χ3n) is 9.18. The van der Waals surface area contributed by atoms with Gasteiger partial charge in [-0.1, -0.05) is 167 Å². The fraction of sp³-hybridized carbons (Fsp3) is 0.857. The Morgan fingerprint density at radius 3 is 1.30 bits per heavy atom. The molecule has 0 fully saturated rings. The molecule has 4 heteroatoms. The van der Waals surface area contributed by atoms with E-state index in [1.807, 2.05) is 0 Å². The summed E-state index contributed by atoms with van der Waals surface area (Å²) >= 11 is 0. The minimum atomic E-state index is -0.700. The topological polar surface area (TPSA) is 63.6 Å². The number of carboxylic acids is 1. The third-order valence-corrected chi connectivity index (χ3v) is 9.18. The first-order valence-electron chi connectivity index (χ1n) is 20.3. The first-order chi connectivity index (χ1) is 22.6. The van der Waals surface area contributed by atoms with Crippen molar-refractivity contribution >= 4 is 11.9 Å². The highest BCUT2D eigenvalue weighted by atomic mass is 16.5. The lowest BCUT2D eigenvalue weighted by Crippen LogP contribution is -2.18. The number of hydrogen-bond acceptors (Lipinski definition) is 3. The normalized spacial score (nSPS) is 12.4. The van der Waals surface area contributed by atoms with Crippen LogP contribution in [0, 0.1) is 0 Å². The van der Waals surface area contributed by atoms with Crippen LogP contribution >= 0.6 is 0 Å². The molecule has 0 aliphatic heterocycles. The number of esters is 1. The van der Waals surface area contributed by atoms with Gasteiger partial charge < -0.3 is 9.84 Å². The first kappa shape index (κ1) is 44.4. The lowest BCUT2D eigenvalue weighted by Gasteiger charge is -2.18. The van der Waals surface area contributed by atoms with Crippen molar-refractivity contribution in [1.29, 1.82) is 0 Å². The van der Waals surface area contributed by atoms with Crippen molar-refractivity contribution in [3.8, 4) is 0 Å². The van der Waals surface area contributed by atoms with Gasteiger partial charge in [-0.05, 0) is 70.6 Å². The van der Waals surface area contributed by atoms with Crippen LogP contribution < -0.4 is 0 Å². The Morgan fingerprint density at radius 1 is 0.478 bits per heavy atom. The van der Waals surface area contributed by atoms with Crippen molar-refractivity contribution in [3.63, 3.8) is 0 Å². The first-order valence-corrected chi connectivity index (χ1v) is 20.3. The quantitative estimate of drug-likeness (QED) is 0.0414. The summed E-state index contributed by atoms with van der Waals surface area (Å²) in [6, 6.07) is 0. The molecule has 1 atom stereocenters. The van der Waals surface area contributed by atoms with Crippen LogP contribution in [0.15, 0.2) is 24.3 Å². The van der Waals surface area contributed by atoms with E-state index in [2.05, 4.69) is 38.2 Å². The molecule has 0 amide bonds. The highest BCUT2D eigenvalue weighted by molar-refractivity contribution is 5.69. The van der Waals surface area contributed by atoms with Crippen molar-refractivity contribution in [3.05, 3.63) is 24.3 Å². The zero-order valence-electron chi connectivity index (χ0n) is 30.9. The Morgan fingerprint density at radius 2 is 0.848 bits per heavy atom. The summed E-state index contributed by atoms with van der Waals surface area (Å²) in [5.74, 6) is -0.708. The van der Waals surface area contributed by atoms with E-state index in [1.165, 1.54) is 122 Å². The number of carbonyl (C=O) groups excluding carboxylic acids is 1. The van der Waals surface area contributed by atoms with Gasteiger partial charge in [-0.25, -0.2) is 0 Å². The Bertz CT molecular complexity index is 698. The van der Waals surface area contributed by atoms with Crippen molar-refractivity contribution in [2.45, 2.75) is 232 Å². The molecular weight excluding hydrogens is 568 g/mol. The van der Waals surface area contributed by atoms with E-state index >= 15 is 0 Å². The van der Waals surface area contributed by atoms with Gasteiger partial charge in [0.15, 0.2) is 0 Å². The number of hydrogen-bond donors (Lipinski definition) is 1. The molecule has 0 rings (SSSR count). The van der Waals surface area contributed by atoms with Crippen molar-refractivity contribution < 1.29 is 19.4 Å². The molecule has 0 aliphatic carbocycles. The van der Waals surface area contributed by atoms with Crippen molar-refractivity contribution in [2.24, 2.45) is 0 Å². The largest absolute Gasteiger partial charge is 0.481 e. The number of allylic oxidation sites excluding steroid dienone is 4. The molecule has 46 heavy (non-hydrogen) atoms. The molecule has 0 saturated heterocycles. The van der Waals surface area contributed by atoms with Gasteiger partial charge in [-0.15, -0.1) is 0 Å². The van der Waals surface area contributed by atoms with Crippen LogP contribution in [0.4, 0.5) is 0 Å². The lowest BCUT2D eigenvalue weighted by atomic mass is 10.0. The van der Waals surface area contributed by atoms with Gasteiger partial charge in [0.05, 0.1) is 0 Å². The monoisotopic (exact) mass is 647 g/mol. The smallest absolute Gasteiger partial charge is 0.306 e. The number of carboxylic acid groups (broad SMARTS) is 1. The van der Waals surface area contributed by atoms with Gasteiger partial charge >= 0.3 is 11.9 Å². The number of carbonyl (C=O) groups is 2. The van der Waals surface area contributed by atoms with Gasteiger partial charge in [0, 0.05) is 12.8 Å². The van der Waals surface area contributed by atoms with Crippen LogP contribution in [0.2, 0.25) is 0 Å². The summed E-state index contributed by atoms with van der Waals surface area (Å²) < 4.78 is 6.00. The van der Waals surface area contributed by atoms with Gasteiger partial charge in [-0.2, -0.15) is 0 Å². The van der Waals surface area contributed by atoms with Gasteiger partial charge in [0.2, 0.25) is 0 Å².